The van der Waals surface area contributed by atoms with Gasteiger partial charge in [-0.1, -0.05) is 19.3 Å². The lowest BCUT2D eigenvalue weighted by Crippen LogP contribution is -2.04. The number of halogens is 1. The molecule has 1 aromatic rings. The highest BCUT2D eigenvalue weighted by atomic mass is 35.5. The second kappa shape index (κ2) is 5.13. The summed E-state index contributed by atoms with van der Waals surface area (Å²) in [6.45, 7) is 0. The number of thiazole rings is 1. The van der Waals surface area contributed by atoms with E-state index in [9.17, 15) is 0 Å². The monoisotopic (exact) mass is 229 g/mol. The average molecular weight is 230 g/mol. The van der Waals surface area contributed by atoms with Crippen LogP contribution in [0.15, 0.2) is 5.38 Å². The van der Waals surface area contributed by atoms with Gasteiger partial charge in [-0.05, 0) is 12.8 Å². The molecule has 1 aliphatic carbocycles. The average Bonchev–Trinajstić information content (AvgIpc) is 2.68. The molecule has 1 aliphatic rings. The Morgan fingerprint density at radius 1 is 1.36 bits per heavy atom. The van der Waals surface area contributed by atoms with E-state index in [0.29, 0.717) is 5.88 Å². The maximum atomic E-state index is 5.70. The van der Waals surface area contributed by atoms with E-state index in [1.165, 1.54) is 42.8 Å². The predicted octanol–water partition coefficient (Wildman–Crippen LogP) is 3.97. The first-order valence-electron chi connectivity index (χ1n) is 5.40. The van der Waals surface area contributed by atoms with Crippen molar-refractivity contribution in [3.05, 3.63) is 16.1 Å². The molecule has 0 aliphatic heterocycles. The third-order valence-corrected chi connectivity index (χ3v) is 4.12. The van der Waals surface area contributed by atoms with Gasteiger partial charge >= 0.3 is 0 Å². The van der Waals surface area contributed by atoms with Crippen molar-refractivity contribution in [3.63, 3.8) is 0 Å². The quantitative estimate of drug-likeness (QED) is 0.715. The number of aryl methyl sites for hydroxylation is 1. The first-order valence-corrected chi connectivity index (χ1v) is 6.82. The Bertz CT molecular complexity index is 279. The minimum Gasteiger partial charge on any atom is -0.246 e. The Kier molecular flexibility index (Phi) is 3.82. The molecular formula is C11H16ClNS. The van der Waals surface area contributed by atoms with Crippen LogP contribution in [0, 0.1) is 0 Å². The van der Waals surface area contributed by atoms with Crippen LogP contribution in [0.5, 0.6) is 0 Å². The number of alkyl halides is 1. The first kappa shape index (κ1) is 10.4. The van der Waals surface area contributed by atoms with E-state index in [0.717, 1.165) is 12.3 Å². The van der Waals surface area contributed by atoms with E-state index >= 15 is 0 Å². The maximum Gasteiger partial charge on any atom is 0.0959 e. The van der Waals surface area contributed by atoms with Crippen LogP contribution in [0.1, 0.15) is 48.7 Å². The van der Waals surface area contributed by atoms with E-state index in [-0.39, 0.29) is 0 Å². The molecule has 1 fully saturated rings. The zero-order chi connectivity index (χ0) is 9.80. The summed E-state index contributed by atoms with van der Waals surface area (Å²) in [5.41, 5.74) is 1.19. The Morgan fingerprint density at radius 2 is 2.14 bits per heavy atom. The molecule has 3 heteroatoms. The minimum absolute atomic E-state index is 0.688. The lowest BCUT2D eigenvalue weighted by Gasteiger charge is -2.18. The second-order valence-electron chi connectivity index (χ2n) is 3.95. The molecule has 14 heavy (non-hydrogen) atoms. The maximum absolute atomic E-state index is 5.70. The largest absolute Gasteiger partial charge is 0.246 e. The highest BCUT2D eigenvalue weighted by Crippen LogP contribution is 2.34. The summed E-state index contributed by atoms with van der Waals surface area (Å²) in [5, 5.41) is 3.52. The van der Waals surface area contributed by atoms with Crippen LogP contribution in [-0.2, 0) is 6.42 Å². The molecule has 1 aromatic heterocycles. The summed E-state index contributed by atoms with van der Waals surface area (Å²) in [6, 6.07) is 0. The fraction of sp³-hybridized carbons (Fsp3) is 0.727. The minimum atomic E-state index is 0.688. The molecule has 1 heterocycles. The summed E-state index contributed by atoms with van der Waals surface area (Å²) in [7, 11) is 0. The number of nitrogens with zero attached hydrogens (tertiary/aromatic N) is 1. The molecule has 0 aromatic carbocycles. The van der Waals surface area contributed by atoms with Crippen molar-refractivity contribution in [2.45, 2.75) is 44.4 Å². The molecule has 0 radical (unpaired) electrons. The van der Waals surface area contributed by atoms with Crippen LogP contribution in [0.2, 0.25) is 0 Å². The molecule has 78 valence electrons. The lowest BCUT2D eigenvalue weighted by molar-refractivity contribution is 0.442. The first-order chi connectivity index (χ1) is 6.90. The van der Waals surface area contributed by atoms with Crippen LogP contribution < -0.4 is 0 Å². The second-order valence-corrected chi connectivity index (χ2v) is 5.22. The molecule has 0 N–H and O–H groups in total. The fourth-order valence-corrected chi connectivity index (χ4v) is 3.29. The standard InChI is InChI=1S/C11H16ClNS/c12-7-6-10-8-14-11(13-10)9-4-2-1-3-5-9/h8-9H,1-7H2. The topological polar surface area (TPSA) is 12.9 Å². The van der Waals surface area contributed by atoms with Gasteiger partial charge in [-0.3, -0.25) is 0 Å². The highest BCUT2D eigenvalue weighted by molar-refractivity contribution is 7.09. The molecule has 1 nitrogen and oxygen atoms in total. The van der Waals surface area contributed by atoms with Gasteiger partial charge in [-0.2, -0.15) is 0 Å². The van der Waals surface area contributed by atoms with Gasteiger partial charge in [0.15, 0.2) is 0 Å². The molecule has 0 atom stereocenters. The van der Waals surface area contributed by atoms with Crippen LogP contribution >= 0.6 is 22.9 Å². The third-order valence-electron chi connectivity index (χ3n) is 2.87. The molecule has 1 saturated carbocycles. The summed E-state index contributed by atoms with van der Waals surface area (Å²) in [5.74, 6) is 1.44. The normalized spacial score (nSPS) is 18.6. The third kappa shape index (κ3) is 2.48. The predicted molar refractivity (Wildman–Crippen MR) is 62.4 cm³/mol. The van der Waals surface area contributed by atoms with E-state index < -0.39 is 0 Å². The van der Waals surface area contributed by atoms with Gasteiger partial charge in [0.25, 0.3) is 0 Å². The Labute approximate surface area is 94.5 Å². The SMILES string of the molecule is ClCCc1csc(C2CCCCC2)n1. The molecule has 0 amide bonds. The van der Waals surface area contributed by atoms with Crippen molar-refractivity contribution in [1.29, 1.82) is 0 Å². The molecule has 0 spiro atoms. The van der Waals surface area contributed by atoms with Crippen molar-refractivity contribution in [3.8, 4) is 0 Å². The zero-order valence-corrected chi connectivity index (χ0v) is 9.91. The van der Waals surface area contributed by atoms with E-state index in [1.54, 1.807) is 0 Å². The van der Waals surface area contributed by atoms with Gasteiger partial charge in [0.05, 0.1) is 10.7 Å². The van der Waals surface area contributed by atoms with E-state index in [2.05, 4.69) is 10.4 Å². The van der Waals surface area contributed by atoms with Crippen molar-refractivity contribution < 1.29 is 0 Å². The van der Waals surface area contributed by atoms with E-state index in [1.807, 2.05) is 11.3 Å². The fourth-order valence-electron chi connectivity index (χ4n) is 2.07. The van der Waals surface area contributed by atoms with E-state index in [4.69, 9.17) is 11.6 Å². The van der Waals surface area contributed by atoms with Gasteiger partial charge in [0, 0.05) is 23.6 Å². The van der Waals surface area contributed by atoms with Crippen molar-refractivity contribution in [2.24, 2.45) is 0 Å². The van der Waals surface area contributed by atoms with Gasteiger partial charge in [0.1, 0.15) is 0 Å². The van der Waals surface area contributed by atoms with Gasteiger partial charge < -0.3 is 0 Å². The van der Waals surface area contributed by atoms with Crippen LogP contribution in [-0.4, -0.2) is 10.9 Å². The van der Waals surface area contributed by atoms with Gasteiger partial charge in [0.2, 0.25) is 0 Å². The summed E-state index contributed by atoms with van der Waals surface area (Å²) >= 11 is 7.52. The molecule has 2 rings (SSSR count). The lowest BCUT2D eigenvalue weighted by atomic mass is 9.90. The molecule has 0 saturated heterocycles. The smallest absolute Gasteiger partial charge is 0.0959 e. The van der Waals surface area contributed by atoms with Gasteiger partial charge in [-0.15, -0.1) is 22.9 Å². The zero-order valence-electron chi connectivity index (χ0n) is 8.34. The Hall–Kier alpha value is -0.0800. The Morgan fingerprint density at radius 3 is 2.86 bits per heavy atom. The van der Waals surface area contributed by atoms with Crippen LogP contribution in [0.4, 0.5) is 0 Å². The summed E-state index contributed by atoms with van der Waals surface area (Å²) < 4.78 is 0. The summed E-state index contributed by atoms with van der Waals surface area (Å²) in [6.07, 6.45) is 7.78. The number of hydrogen-bond donors (Lipinski definition) is 0. The van der Waals surface area contributed by atoms with Crippen LogP contribution in [0.25, 0.3) is 0 Å². The highest BCUT2D eigenvalue weighted by Gasteiger charge is 2.18. The number of rotatable bonds is 3. The number of hydrogen-bond acceptors (Lipinski definition) is 2. The van der Waals surface area contributed by atoms with Crippen LogP contribution in [0.3, 0.4) is 0 Å². The van der Waals surface area contributed by atoms with Crippen molar-refractivity contribution >= 4 is 22.9 Å². The molecule has 0 bridgehead atoms. The summed E-state index contributed by atoms with van der Waals surface area (Å²) in [4.78, 5) is 4.66. The van der Waals surface area contributed by atoms with Crippen molar-refractivity contribution in [1.82, 2.24) is 4.98 Å². The Balaban J connectivity index is 2.00. The molecule has 0 unspecified atom stereocenters. The molecular weight excluding hydrogens is 214 g/mol. The van der Waals surface area contributed by atoms with Gasteiger partial charge in [-0.25, -0.2) is 4.98 Å². The number of aromatic nitrogens is 1. The van der Waals surface area contributed by atoms with Crippen molar-refractivity contribution in [2.75, 3.05) is 5.88 Å².